The van der Waals surface area contributed by atoms with Gasteiger partial charge in [0, 0.05) is 0 Å². The number of hydrogen-bond acceptors (Lipinski definition) is 7. The third-order valence-corrected chi connectivity index (χ3v) is 2.64. The molecular formula is C12H12FN3O6. The fourth-order valence-corrected chi connectivity index (χ4v) is 1.61. The van der Waals surface area contributed by atoms with Gasteiger partial charge in [0.15, 0.2) is 0 Å². The molecule has 0 aliphatic carbocycles. The zero-order valence-corrected chi connectivity index (χ0v) is 11.4. The topological polar surface area (TPSA) is 119 Å². The Labute approximate surface area is 123 Å². The molecule has 1 saturated heterocycles. The Balaban J connectivity index is 2.17. The summed E-state index contributed by atoms with van der Waals surface area (Å²) in [5.41, 5.74) is -3.26. The second kappa shape index (κ2) is 6.24. The molecule has 1 fully saturated rings. The summed E-state index contributed by atoms with van der Waals surface area (Å²) in [7, 11) is 0. The van der Waals surface area contributed by atoms with Crippen LogP contribution in [0.15, 0.2) is 28.0 Å². The van der Waals surface area contributed by atoms with Crippen LogP contribution in [0.25, 0.3) is 0 Å². The third kappa shape index (κ3) is 2.90. The molecule has 3 amide bonds. The number of rotatable bonds is 5. The zero-order valence-electron chi connectivity index (χ0n) is 11.4. The van der Waals surface area contributed by atoms with Gasteiger partial charge in [-0.2, -0.15) is 0 Å². The first-order chi connectivity index (χ1) is 10.5. The van der Waals surface area contributed by atoms with Gasteiger partial charge < -0.3 is 14.0 Å². The molecule has 1 aromatic heterocycles. The highest BCUT2D eigenvalue weighted by Crippen LogP contribution is 2.23. The fourth-order valence-electron chi connectivity index (χ4n) is 1.61. The molecule has 2 rings (SSSR count). The minimum absolute atomic E-state index is 0.159. The molecule has 0 spiro atoms. The number of esters is 1. The van der Waals surface area contributed by atoms with Crippen LogP contribution in [0.1, 0.15) is 12.7 Å². The number of imide groups is 1. The fraction of sp³-hybridized carbons (Fsp3) is 0.333. The average molecular weight is 313 g/mol. The molecular weight excluding hydrogens is 301 g/mol. The highest BCUT2D eigenvalue weighted by Gasteiger charge is 2.61. The first kappa shape index (κ1) is 15.5. The standard InChI is InChI=1S/C12H12FN3O6/c1-2-20-10(18)12(13)8(17)15-11(19)16-9(12)22-14-6-7-4-3-5-21-7/h3-6,9H,2H2,1H3,(H2,15,16,17,19)/b14-6-. The van der Waals surface area contributed by atoms with Crippen LogP contribution in [0.3, 0.4) is 0 Å². The van der Waals surface area contributed by atoms with E-state index in [-0.39, 0.29) is 12.4 Å². The monoisotopic (exact) mass is 313 g/mol. The molecule has 10 heteroatoms. The van der Waals surface area contributed by atoms with Gasteiger partial charge in [0.1, 0.15) is 12.0 Å². The molecule has 2 unspecified atom stereocenters. The Hall–Kier alpha value is -2.91. The smallest absolute Gasteiger partial charge is 0.360 e. The van der Waals surface area contributed by atoms with Crippen LogP contribution < -0.4 is 10.6 Å². The molecule has 0 bridgehead atoms. The van der Waals surface area contributed by atoms with Crippen molar-refractivity contribution >= 4 is 24.1 Å². The number of furan rings is 1. The van der Waals surface area contributed by atoms with Crippen molar-refractivity contribution < 1.29 is 32.8 Å². The Morgan fingerprint density at radius 2 is 2.36 bits per heavy atom. The van der Waals surface area contributed by atoms with Crippen molar-refractivity contribution in [1.82, 2.24) is 10.6 Å². The van der Waals surface area contributed by atoms with Crippen molar-refractivity contribution in [3.8, 4) is 0 Å². The third-order valence-electron chi connectivity index (χ3n) is 2.64. The number of alkyl halides is 1. The van der Waals surface area contributed by atoms with Gasteiger partial charge in [0.05, 0.1) is 12.9 Å². The summed E-state index contributed by atoms with van der Waals surface area (Å²) < 4.78 is 24.1. The van der Waals surface area contributed by atoms with Gasteiger partial charge in [0.2, 0.25) is 0 Å². The van der Waals surface area contributed by atoms with Crippen molar-refractivity contribution in [3.63, 3.8) is 0 Å². The molecule has 0 saturated carbocycles. The van der Waals surface area contributed by atoms with Crippen LogP contribution in [0.2, 0.25) is 0 Å². The highest BCUT2D eigenvalue weighted by molar-refractivity contribution is 6.14. The summed E-state index contributed by atoms with van der Waals surface area (Å²) in [5.74, 6) is -2.70. The van der Waals surface area contributed by atoms with E-state index in [1.165, 1.54) is 19.3 Å². The van der Waals surface area contributed by atoms with Gasteiger partial charge in [-0.05, 0) is 19.1 Å². The largest absolute Gasteiger partial charge is 0.463 e. The molecule has 2 heterocycles. The summed E-state index contributed by atoms with van der Waals surface area (Å²) in [6.07, 6.45) is 0.471. The van der Waals surface area contributed by atoms with Crippen molar-refractivity contribution in [1.29, 1.82) is 0 Å². The predicted octanol–water partition coefficient (Wildman–Crippen LogP) is 0.0670. The summed E-state index contributed by atoms with van der Waals surface area (Å²) in [6.45, 7) is 1.28. The minimum atomic E-state index is -3.26. The molecule has 22 heavy (non-hydrogen) atoms. The van der Waals surface area contributed by atoms with E-state index in [0.29, 0.717) is 0 Å². The van der Waals surface area contributed by atoms with Crippen molar-refractivity contribution in [3.05, 3.63) is 24.2 Å². The van der Waals surface area contributed by atoms with E-state index in [4.69, 9.17) is 9.25 Å². The van der Waals surface area contributed by atoms with E-state index in [0.717, 1.165) is 6.21 Å². The first-order valence-electron chi connectivity index (χ1n) is 6.19. The van der Waals surface area contributed by atoms with Gasteiger partial charge in [-0.3, -0.25) is 15.4 Å². The van der Waals surface area contributed by atoms with E-state index in [1.807, 2.05) is 5.32 Å². The lowest BCUT2D eigenvalue weighted by Crippen LogP contribution is -2.70. The van der Waals surface area contributed by atoms with Crippen LogP contribution in [-0.2, 0) is 19.2 Å². The Morgan fingerprint density at radius 1 is 1.59 bits per heavy atom. The zero-order chi connectivity index (χ0) is 16.2. The van der Waals surface area contributed by atoms with Crippen LogP contribution in [-0.4, -0.2) is 42.6 Å². The maximum absolute atomic E-state index is 14.7. The second-order valence-electron chi connectivity index (χ2n) is 4.10. The molecule has 118 valence electrons. The van der Waals surface area contributed by atoms with Gasteiger partial charge in [-0.15, -0.1) is 0 Å². The molecule has 1 aliphatic heterocycles. The van der Waals surface area contributed by atoms with Gasteiger partial charge in [0.25, 0.3) is 12.1 Å². The number of ether oxygens (including phenoxy) is 1. The van der Waals surface area contributed by atoms with Crippen LogP contribution in [0, 0.1) is 0 Å². The number of carbonyl (C=O) groups is 3. The summed E-state index contributed by atoms with van der Waals surface area (Å²) in [6, 6.07) is 2.09. The lowest BCUT2D eigenvalue weighted by molar-refractivity contribution is -0.179. The molecule has 1 aromatic rings. The number of halogens is 1. The molecule has 9 nitrogen and oxygen atoms in total. The SMILES string of the molecule is CCOC(=O)C1(F)C(=O)NC(=O)NC1O/N=C\c1ccco1. The second-order valence-corrected chi connectivity index (χ2v) is 4.10. The van der Waals surface area contributed by atoms with Crippen LogP contribution >= 0.6 is 0 Å². The Morgan fingerprint density at radius 3 is 3.00 bits per heavy atom. The van der Waals surface area contributed by atoms with Gasteiger partial charge in [-0.1, -0.05) is 5.16 Å². The molecule has 2 atom stereocenters. The minimum Gasteiger partial charge on any atom is -0.463 e. The highest BCUT2D eigenvalue weighted by atomic mass is 19.1. The van der Waals surface area contributed by atoms with E-state index in [9.17, 15) is 18.8 Å². The van der Waals surface area contributed by atoms with Crippen molar-refractivity contribution in [2.45, 2.75) is 18.8 Å². The number of hydrogen-bond donors (Lipinski definition) is 2. The normalized spacial score (nSPS) is 24.7. The Bertz CT molecular complexity index is 602. The first-order valence-corrected chi connectivity index (χ1v) is 6.19. The molecule has 2 N–H and O–H groups in total. The van der Waals surface area contributed by atoms with Crippen LogP contribution in [0.5, 0.6) is 0 Å². The van der Waals surface area contributed by atoms with E-state index in [2.05, 4.69) is 9.89 Å². The summed E-state index contributed by atoms with van der Waals surface area (Å²) in [4.78, 5) is 39.3. The lowest BCUT2D eigenvalue weighted by atomic mass is 10.0. The Kier molecular flexibility index (Phi) is 4.39. The number of oxime groups is 1. The van der Waals surface area contributed by atoms with Crippen molar-refractivity contribution in [2.24, 2.45) is 5.16 Å². The molecule has 1 aliphatic rings. The number of amides is 3. The van der Waals surface area contributed by atoms with Crippen molar-refractivity contribution in [2.75, 3.05) is 6.61 Å². The van der Waals surface area contributed by atoms with E-state index in [1.54, 1.807) is 11.4 Å². The van der Waals surface area contributed by atoms with E-state index < -0.39 is 29.8 Å². The van der Waals surface area contributed by atoms with Gasteiger partial charge in [-0.25, -0.2) is 14.0 Å². The molecule has 0 aromatic carbocycles. The number of nitrogens with one attached hydrogen (secondary N) is 2. The number of urea groups is 1. The maximum atomic E-state index is 14.7. The average Bonchev–Trinajstić information content (AvgIpc) is 2.97. The quantitative estimate of drug-likeness (QED) is 0.343. The summed E-state index contributed by atoms with van der Waals surface area (Å²) in [5, 5.41) is 6.95. The summed E-state index contributed by atoms with van der Waals surface area (Å²) >= 11 is 0. The van der Waals surface area contributed by atoms with Crippen LogP contribution in [0.4, 0.5) is 9.18 Å². The maximum Gasteiger partial charge on any atom is 0.360 e. The lowest BCUT2D eigenvalue weighted by Gasteiger charge is -2.32. The predicted molar refractivity (Wildman–Crippen MR) is 68.3 cm³/mol. The molecule has 0 radical (unpaired) electrons. The van der Waals surface area contributed by atoms with E-state index >= 15 is 0 Å². The number of nitrogens with zero attached hydrogens (tertiary/aromatic N) is 1. The number of carbonyl (C=O) groups excluding carboxylic acids is 3. The van der Waals surface area contributed by atoms with Gasteiger partial charge >= 0.3 is 17.7 Å².